The molecule has 142 valence electrons. The summed E-state index contributed by atoms with van der Waals surface area (Å²) < 4.78 is 1.70. The molecule has 3 aromatic heterocycles. The first-order chi connectivity index (χ1) is 13.7. The molecule has 1 saturated heterocycles. The number of nitrogens with one attached hydrogen (secondary N) is 1. The smallest absolute Gasteiger partial charge is 0.247 e. The van der Waals surface area contributed by atoms with E-state index in [2.05, 4.69) is 30.4 Å². The van der Waals surface area contributed by atoms with Crippen LogP contribution in [0, 0.1) is 0 Å². The fourth-order valence-electron chi connectivity index (χ4n) is 3.26. The summed E-state index contributed by atoms with van der Waals surface area (Å²) in [6.45, 7) is 0.679. The molecule has 0 aliphatic carbocycles. The molecule has 28 heavy (non-hydrogen) atoms. The number of nitrogens with zero attached hydrogens (tertiary/aromatic N) is 7. The molecule has 0 spiro atoms. The van der Waals surface area contributed by atoms with Crippen molar-refractivity contribution in [2.24, 2.45) is 7.05 Å². The van der Waals surface area contributed by atoms with E-state index in [0.29, 0.717) is 18.3 Å². The topological polar surface area (TPSA) is 102 Å². The van der Waals surface area contributed by atoms with Crippen molar-refractivity contribution in [3.05, 3.63) is 60.6 Å². The van der Waals surface area contributed by atoms with Crippen LogP contribution in [0.25, 0.3) is 6.08 Å². The van der Waals surface area contributed by atoms with Gasteiger partial charge in [-0.3, -0.25) is 14.5 Å². The van der Waals surface area contributed by atoms with Gasteiger partial charge in [0, 0.05) is 56.2 Å². The fourth-order valence-corrected chi connectivity index (χ4v) is 3.26. The maximum absolute atomic E-state index is 12.8. The lowest BCUT2D eigenvalue weighted by Crippen LogP contribution is -2.30. The van der Waals surface area contributed by atoms with Gasteiger partial charge in [-0.05, 0) is 25.0 Å². The van der Waals surface area contributed by atoms with Crippen molar-refractivity contribution >= 4 is 23.7 Å². The molecule has 1 aliphatic heterocycles. The standard InChI is InChI=1S/C19H20N8O/c1-26-13-14(12-24-26)5-6-16(28)27-11-2-4-15(27)17-18(21-10-9-20-17)25-19-22-7-3-8-23-19/h3,5-10,12-13,15H,2,4,11H2,1H3,(H,21,22,23,25)/b6-5+/t15-/m0/s1. The molecule has 4 heterocycles. The van der Waals surface area contributed by atoms with Gasteiger partial charge in [-0.15, -0.1) is 0 Å². The lowest BCUT2D eigenvalue weighted by atomic mass is 10.1. The number of carbonyl (C=O) groups is 1. The highest BCUT2D eigenvalue weighted by molar-refractivity contribution is 5.92. The molecule has 1 atom stereocenters. The van der Waals surface area contributed by atoms with Crippen LogP contribution in [0.3, 0.4) is 0 Å². The highest BCUT2D eigenvalue weighted by atomic mass is 16.2. The Labute approximate surface area is 162 Å². The van der Waals surface area contributed by atoms with E-state index in [1.54, 1.807) is 53.9 Å². The van der Waals surface area contributed by atoms with Crippen LogP contribution in [0.15, 0.2) is 49.3 Å². The van der Waals surface area contributed by atoms with Crippen molar-refractivity contribution in [3.63, 3.8) is 0 Å². The van der Waals surface area contributed by atoms with E-state index in [0.717, 1.165) is 24.1 Å². The predicted octanol–water partition coefficient (Wildman–Crippen LogP) is 2.12. The zero-order valence-electron chi connectivity index (χ0n) is 15.4. The summed E-state index contributed by atoms with van der Waals surface area (Å²) in [5, 5.41) is 7.21. The minimum atomic E-state index is -0.147. The molecule has 0 unspecified atom stereocenters. The maximum atomic E-state index is 12.8. The Morgan fingerprint density at radius 3 is 2.79 bits per heavy atom. The van der Waals surface area contributed by atoms with Crippen LogP contribution >= 0.6 is 0 Å². The molecular formula is C19H20N8O. The number of rotatable bonds is 5. The SMILES string of the molecule is Cn1cc(/C=C/C(=O)N2CCC[C@H]2c2nccnc2Nc2ncccn2)cn1. The zero-order valence-corrected chi connectivity index (χ0v) is 15.4. The number of aryl methyl sites for hydroxylation is 1. The molecule has 0 aromatic carbocycles. The summed E-state index contributed by atoms with van der Waals surface area (Å²) >= 11 is 0. The van der Waals surface area contributed by atoms with E-state index in [-0.39, 0.29) is 11.9 Å². The summed E-state index contributed by atoms with van der Waals surface area (Å²) in [4.78, 5) is 31.9. The van der Waals surface area contributed by atoms with Crippen LogP contribution in [0.5, 0.6) is 0 Å². The van der Waals surface area contributed by atoms with Crippen LogP contribution in [-0.2, 0) is 11.8 Å². The third-order valence-corrected chi connectivity index (χ3v) is 4.52. The molecule has 1 aliphatic rings. The quantitative estimate of drug-likeness (QED) is 0.681. The molecular weight excluding hydrogens is 356 g/mol. The Balaban J connectivity index is 1.55. The highest BCUT2D eigenvalue weighted by Gasteiger charge is 2.32. The Kier molecular flexibility index (Phi) is 5.05. The van der Waals surface area contributed by atoms with Crippen molar-refractivity contribution in [1.82, 2.24) is 34.6 Å². The number of hydrogen-bond donors (Lipinski definition) is 1. The van der Waals surface area contributed by atoms with E-state index in [9.17, 15) is 4.79 Å². The van der Waals surface area contributed by atoms with Crippen molar-refractivity contribution in [3.8, 4) is 0 Å². The Morgan fingerprint density at radius 2 is 2.00 bits per heavy atom. The average molecular weight is 376 g/mol. The normalized spacial score (nSPS) is 16.6. The fraction of sp³-hybridized carbons (Fsp3) is 0.263. The number of anilines is 2. The van der Waals surface area contributed by atoms with E-state index in [1.165, 1.54) is 0 Å². The first kappa shape index (κ1) is 17.8. The molecule has 0 saturated carbocycles. The molecule has 3 aromatic rings. The summed E-state index contributed by atoms with van der Waals surface area (Å²) in [7, 11) is 1.84. The molecule has 9 heteroatoms. The van der Waals surface area contributed by atoms with Crippen molar-refractivity contribution in [2.45, 2.75) is 18.9 Å². The van der Waals surface area contributed by atoms with Gasteiger partial charge in [0.2, 0.25) is 11.9 Å². The van der Waals surface area contributed by atoms with E-state index < -0.39 is 0 Å². The van der Waals surface area contributed by atoms with Gasteiger partial charge < -0.3 is 10.2 Å². The van der Waals surface area contributed by atoms with Crippen LogP contribution in [0.1, 0.15) is 30.1 Å². The van der Waals surface area contributed by atoms with Gasteiger partial charge in [-0.2, -0.15) is 5.10 Å². The zero-order chi connectivity index (χ0) is 19.3. The van der Waals surface area contributed by atoms with Crippen LogP contribution in [-0.4, -0.2) is 47.1 Å². The molecule has 9 nitrogen and oxygen atoms in total. The number of hydrogen-bond acceptors (Lipinski definition) is 7. The first-order valence-electron chi connectivity index (χ1n) is 9.03. The third-order valence-electron chi connectivity index (χ3n) is 4.52. The number of amides is 1. The maximum Gasteiger partial charge on any atom is 0.247 e. The summed E-state index contributed by atoms with van der Waals surface area (Å²) in [5.74, 6) is 0.949. The second-order valence-corrected chi connectivity index (χ2v) is 6.46. The van der Waals surface area contributed by atoms with Gasteiger partial charge in [0.1, 0.15) is 5.69 Å². The lowest BCUT2D eigenvalue weighted by Gasteiger charge is -2.24. The van der Waals surface area contributed by atoms with E-state index >= 15 is 0 Å². The summed E-state index contributed by atoms with van der Waals surface area (Å²) in [6, 6.07) is 1.60. The van der Waals surface area contributed by atoms with Gasteiger partial charge >= 0.3 is 0 Å². The van der Waals surface area contributed by atoms with Gasteiger partial charge in [0.15, 0.2) is 5.82 Å². The number of carbonyl (C=O) groups excluding carboxylic acids is 1. The predicted molar refractivity (Wildman–Crippen MR) is 103 cm³/mol. The van der Waals surface area contributed by atoms with Crippen LogP contribution in [0.4, 0.5) is 11.8 Å². The average Bonchev–Trinajstić information content (AvgIpc) is 3.36. The third kappa shape index (κ3) is 3.88. The van der Waals surface area contributed by atoms with Crippen LogP contribution < -0.4 is 5.32 Å². The Bertz CT molecular complexity index is 984. The van der Waals surface area contributed by atoms with Gasteiger partial charge in [-0.25, -0.2) is 15.0 Å². The van der Waals surface area contributed by atoms with Gasteiger partial charge in [0.05, 0.1) is 12.2 Å². The van der Waals surface area contributed by atoms with E-state index in [1.807, 2.05) is 18.1 Å². The molecule has 4 rings (SSSR count). The summed E-state index contributed by atoms with van der Waals surface area (Å²) in [5.41, 5.74) is 1.60. The molecule has 1 N–H and O–H groups in total. The number of aromatic nitrogens is 6. The highest BCUT2D eigenvalue weighted by Crippen LogP contribution is 2.34. The van der Waals surface area contributed by atoms with Crippen LogP contribution in [0.2, 0.25) is 0 Å². The summed E-state index contributed by atoms with van der Waals surface area (Å²) in [6.07, 6.45) is 15.2. The van der Waals surface area contributed by atoms with Crippen molar-refractivity contribution < 1.29 is 4.79 Å². The number of likely N-dealkylation sites (tertiary alicyclic amines) is 1. The molecule has 1 amide bonds. The second kappa shape index (κ2) is 7.95. The largest absolute Gasteiger partial charge is 0.330 e. The molecule has 0 bridgehead atoms. The van der Waals surface area contributed by atoms with E-state index in [4.69, 9.17) is 0 Å². The Morgan fingerprint density at radius 1 is 1.18 bits per heavy atom. The molecule has 1 fully saturated rings. The molecule has 0 radical (unpaired) electrons. The monoisotopic (exact) mass is 376 g/mol. The minimum absolute atomic E-state index is 0.0566. The first-order valence-corrected chi connectivity index (χ1v) is 9.03. The lowest BCUT2D eigenvalue weighted by molar-refractivity contribution is -0.126. The second-order valence-electron chi connectivity index (χ2n) is 6.46. The minimum Gasteiger partial charge on any atom is -0.330 e. The van der Waals surface area contributed by atoms with Crippen molar-refractivity contribution in [1.29, 1.82) is 0 Å². The van der Waals surface area contributed by atoms with Gasteiger partial charge in [-0.1, -0.05) is 0 Å². The van der Waals surface area contributed by atoms with Gasteiger partial charge in [0.25, 0.3) is 0 Å². The Hall–Kier alpha value is -3.62. The van der Waals surface area contributed by atoms with Crippen molar-refractivity contribution in [2.75, 3.05) is 11.9 Å².